The number of pyridine rings is 1. The van der Waals surface area contributed by atoms with Gasteiger partial charge in [-0.2, -0.15) is 4.98 Å². The highest BCUT2D eigenvalue weighted by Gasteiger charge is 2.42. The van der Waals surface area contributed by atoms with Crippen molar-refractivity contribution in [1.29, 1.82) is 0 Å². The Balaban J connectivity index is 1.23. The maximum Gasteiger partial charge on any atom is 0.223 e. The van der Waals surface area contributed by atoms with E-state index in [0.29, 0.717) is 17.6 Å². The van der Waals surface area contributed by atoms with Crippen molar-refractivity contribution in [3.8, 4) is 11.8 Å². The number of nitrogens with one attached hydrogen (secondary N) is 1. The molecular weight excluding hydrogens is 588 g/mol. The second-order valence-electron chi connectivity index (χ2n) is 12.7. The fourth-order valence-electron chi connectivity index (χ4n) is 7.32. The number of fused-ring (bicyclic) bond motifs is 7. The number of ether oxygens (including phenoxy) is 4. The molecular formula is C39H43N4O4+. The zero-order valence-corrected chi connectivity index (χ0v) is 27.8. The molecule has 2 aromatic rings. The molecule has 0 fully saturated rings. The molecule has 6 heterocycles. The lowest BCUT2D eigenvalue weighted by molar-refractivity contribution is -0.887. The number of dihydropyridines is 1. The Labute approximate surface area is 277 Å². The summed E-state index contributed by atoms with van der Waals surface area (Å²) in [4.78, 5) is 6.95. The lowest BCUT2D eigenvalue weighted by atomic mass is 9.77. The zero-order valence-electron chi connectivity index (χ0n) is 27.8. The lowest BCUT2D eigenvalue weighted by Gasteiger charge is -2.47. The van der Waals surface area contributed by atoms with Crippen molar-refractivity contribution >= 4 is 6.08 Å². The number of rotatable bonds is 8. The molecule has 7 rings (SSSR count). The Bertz CT molecular complexity index is 1810. The Morgan fingerprint density at radius 3 is 2.45 bits per heavy atom. The number of hydrogen-bond acceptors (Lipinski definition) is 7. The normalized spacial score (nSPS) is 25.9. The van der Waals surface area contributed by atoms with E-state index in [2.05, 4.69) is 95.4 Å². The van der Waals surface area contributed by atoms with E-state index in [1.807, 2.05) is 24.3 Å². The summed E-state index contributed by atoms with van der Waals surface area (Å²) in [6.45, 7) is 2.07. The zero-order chi connectivity index (χ0) is 32.5. The van der Waals surface area contributed by atoms with Gasteiger partial charge in [-0.05, 0) is 76.8 Å². The van der Waals surface area contributed by atoms with Gasteiger partial charge in [0.1, 0.15) is 6.04 Å². The van der Waals surface area contributed by atoms with Crippen LogP contribution in [0, 0.1) is 0 Å². The van der Waals surface area contributed by atoms with E-state index in [0.717, 1.165) is 41.6 Å². The molecule has 4 atom stereocenters. The summed E-state index contributed by atoms with van der Waals surface area (Å²) in [6.07, 6.45) is 28.4. The second-order valence-corrected chi connectivity index (χ2v) is 12.7. The maximum atomic E-state index is 5.67. The number of allylic oxidation sites excluding steroid dienone is 8. The molecule has 1 N–H and O–H groups in total. The second kappa shape index (κ2) is 12.8. The van der Waals surface area contributed by atoms with E-state index >= 15 is 0 Å². The summed E-state index contributed by atoms with van der Waals surface area (Å²) in [5.74, 6) is 1.77. The van der Waals surface area contributed by atoms with Crippen molar-refractivity contribution in [1.82, 2.24) is 15.2 Å². The third-order valence-corrected chi connectivity index (χ3v) is 9.97. The van der Waals surface area contributed by atoms with Crippen LogP contribution in [0.2, 0.25) is 0 Å². The molecule has 4 unspecified atom stereocenters. The first kappa shape index (κ1) is 30.8. The van der Waals surface area contributed by atoms with Gasteiger partial charge in [0.05, 0.1) is 47.2 Å². The van der Waals surface area contributed by atoms with Crippen LogP contribution < -0.4 is 14.8 Å². The summed E-state index contributed by atoms with van der Waals surface area (Å²) >= 11 is 0. The van der Waals surface area contributed by atoms with Gasteiger partial charge in [-0.15, -0.1) is 0 Å². The number of benzene rings is 1. The van der Waals surface area contributed by atoms with Crippen molar-refractivity contribution in [2.45, 2.75) is 31.2 Å². The topological polar surface area (TPSA) is 65.1 Å². The van der Waals surface area contributed by atoms with E-state index < -0.39 is 0 Å². The third-order valence-electron chi connectivity index (χ3n) is 9.97. The van der Waals surface area contributed by atoms with E-state index in [-0.39, 0.29) is 18.3 Å². The molecule has 1 aromatic heterocycles. The first-order chi connectivity index (χ1) is 22.9. The van der Waals surface area contributed by atoms with Crippen LogP contribution >= 0.6 is 0 Å². The molecule has 0 spiro atoms. The largest absolute Gasteiger partial charge is 0.482 e. The molecule has 0 saturated heterocycles. The van der Waals surface area contributed by atoms with Crippen molar-refractivity contribution < 1.29 is 23.4 Å². The molecule has 8 heteroatoms. The molecule has 0 aliphatic carbocycles. The lowest BCUT2D eigenvalue weighted by Crippen LogP contribution is -2.48. The molecule has 1 aromatic carbocycles. The van der Waals surface area contributed by atoms with Crippen molar-refractivity contribution in [2.75, 3.05) is 48.6 Å². The van der Waals surface area contributed by atoms with E-state index in [1.165, 1.54) is 33.4 Å². The number of likely N-dealkylation sites (N-methyl/N-ethyl adjacent to an activating group) is 1. The molecule has 0 amide bonds. The molecule has 0 bridgehead atoms. The minimum Gasteiger partial charge on any atom is -0.482 e. The highest BCUT2D eigenvalue weighted by atomic mass is 16.5. The molecule has 5 aliphatic rings. The summed E-state index contributed by atoms with van der Waals surface area (Å²) < 4.78 is 22.7. The highest BCUT2D eigenvalue weighted by Crippen LogP contribution is 2.47. The van der Waals surface area contributed by atoms with Crippen LogP contribution in [-0.4, -0.2) is 69.2 Å². The van der Waals surface area contributed by atoms with Gasteiger partial charge in [0, 0.05) is 49.0 Å². The minimum absolute atomic E-state index is 0.175. The van der Waals surface area contributed by atoms with E-state index in [1.54, 1.807) is 28.4 Å². The SMILES string of the molecule is COC1=CC=C(/C=C/C2=CC3c4c(ccc5c4C4C=C(/C=C/c6ccc(OC)nc6OC)C=C[N+]4(C)CC5)CCN3C=C2)C(OC)N1. The predicted octanol–water partition coefficient (Wildman–Crippen LogP) is 6.21. The smallest absolute Gasteiger partial charge is 0.223 e. The van der Waals surface area contributed by atoms with Crippen LogP contribution in [0.5, 0.6) is 11.8 Å². The number of hydrogen-bond donors (Lipinski definition) is 1. The number of quaternary nitrogens is 1. The predicted molar refractivity (Wildman–Crippen MR) is 184 cm³/mol. The monoisotopic (exact) mass is 631 g/mol. The van der Waals surface area contributed by atoms with Crippen LogP contribution in [0.3, 0.4) is 0 Å². The Hall–Kier alpha value is -4.79. The molecule has 0 saturated carbocycles. The highest BCUT2D eigenvalue weighted by molar-refractivity contribution is 5.60. The van der Waals surface area contributed by atoms with E-state index in [9.17, 15) is 0 Å². The quantitative estimate of drug-likeness (QED) is 0.348. The minimum atomic E-state index is -0.259. The van der Waals surface area contributed by atoms with Gasteiger partial charge in [-0.1, -0.05) is 36.4 Å². The molecule has 5 aliphatic heterocycles. The Kier molecular flexibility index (Phi) is 8.39. The van der Waals surface area contributed by atoms with Gasteiger partial charge in [0.15, 0.2) is 12.1 Å². The first-order valence-electron chi connectivity index (χ1n) is 16.2. The molecule has 47 heavy (non-hydrogen) atoms. The Morgan fingerprint density at radius 2 is 1.66 bits per heavy atom. The van der Waals surface area contributed by atoms with Crippen LogP contribution in [0.4, 0.5) is 0 Å². The standard InChI is InChI=1S/C39H43N4O4/c1-43-22-18-27(7-9-31-13-15-35(45-3)41-39(31)47-5)25-33(43)37-29(19-23-43)11-10-28-17-21-42-20-16-26(24-32(42)36(28)37)6-8-30-12-14-34(44-2)40-38(30)46-4/h6-16,18,20,22,24-25,32-33,38,40H,17,19,21,23H2,1-5H3/q+1/b8-6+,9-7+. The maximum absolute atomic E-state index is 5.67. The summed E-state index contributed by atoms with van der Waals surface area (Å²) in [6, 6.07) is 9.01. The third kappa shape index (κ3) is 5.83. The van der Waals surface area contributed by atoms with Gasteiger partial charge in [0.25, 0.3) is 0 Å². The molecule has 242 valence electrons. The summed E-state index contributed by atoms with van der Waals surface area (Å²) in [5.41, 5.74) is 10.2. The molecule has 8 nitrogen and oxygen atoms in total. The van der Waals surface area contributed by atoms with Gasteiger partial charge < -0.3 is 29.2 Å². The summed E-state index contributed by atoms with van der Waals surface area (Å²) in [7, 11) is 8.97. The average molecular weight is 632 g/mol. The van der Waals surface area contributed by atoms with Gasteiger partial charge in [-0.3, -0.25) is 4.48 Å². The molecule has 0 radical (unpaired) electrons. The summed E-state index contributed by atoms with van der Waals surface area (Å²) in [5, 5.41) is 3.26. The van der Waals surface area contributed by atoms with E-state index in [4.69, 9.17) is 18.9 Å². The Morgan fingerprint density at radius 1 is 0.851 bits per heavy atom. The average Bonchev–Trinajstić information content (AvgIpc) is 3.12. The number of aromatic nitrogens is 1. The van der Waals surface area contributed by atoms with Crippen LogP contribution in [0.25, 0.3) is 6.08 Å². The van der Waals surface area contributed by atoms with Crippen LogP contribution in [-0.2, 0) is 22.3 Å². The van der Waals surface area contributed by atoms with Gasteiger partial charge >= 0.3 is 0 Å². The van der Waals surface area contributed by atoms with Crippen molar-refractivity contribution in [2.24, 2.45) is 0 Å². The van der Waals surface area contributed by atoms with Gasteiger partial charge in [-0.25, -0.2) is 0 Å². The number of methoxy groups -OCH3 is 4. The van der Waals surface area contributed by atoms with Crippen molar-refractivity contribution in [3.63, 3.8) is 0 Å². The van der Waals surface area contributed by atoms with Gasteiger partial charge in [0.2, 0.25) is 11.8 Å². The van der Waals surface area contributed by atoms with Crippen molar-refractivity contribution in [3.05, 3.63) is 142 Å². The fraction of sp³-hybridized carbons (Fsp3) is 0.308. The first-order valence-corrected chi connectivity index (χ1v) is 16.2. The fourth-order valence-corrected chi connectivity index (χ4v) is 7.32. The number of nitrogens with zero attached hydrogens (tertiary/aromatic N) is 3. The van der Waals surface area contributed by atoms with Crippen LogP contribution in [0.1, 0.15) is 39.9 Å². The van der Waals surface area contributed by atoms with Crippen LogP contribution in [0.15, 0.2) is 114 Å².